The third-order valence-electron chi connectivity index (χ3n) is 5.96. The summed E-state index contributed by atoms with van der Waals surface area (Å²) in [6.07, 6.45) is -7.70. The first-order valence-corrected chi connectivity index (χ1v) is 11.7. The van der Waals surface area contributed by atoms with Gasteiger partial charge in [-0.15, -0.1) is 0 Å². The summed E-state index contributed by atoms with van der Waals surface area (Å²) in [7, 11) is 0. The lowest BCUT2D eigenvalue weighted by Crippen LogP contribution is -2.59. The van der Waals surface area contributed by atoms with Crippen molar-refractivity contribution >= 4 is 17.9 Å². The number of hydrogen-bond acceptors (Lipinski definition) is 5. The van der Waals surface area contributed by atoms with E-state index in [1.165, 1.54) is 18.7 Å². The number of hydrogen-bond donors (Lipinski definition) is 3. The molecule has 3 amide bonds. The highest BCUT2D eigenvalue weighted by molar-refractivity contribution is 5.92. The summed E-state index contributed by atoms with van der Waals surface area (Å²) in [6.45, 7) is 6.58. The van der Waals surface area contributed by atoms with Crippen LogP contribution in [-0.2, 0) is 20.9 Å². The molecule has 196 valence electrons. The summed E-state index contributed by atoms with van der Waals surface area (Å²) in [6, 6.07) is 5.43. The fourth-order valence-corrected chi connectivity index (χ4v) is 3.96. The maximum atomic E-state index is 13.3. The van der Waals surface area contributed by atoms with Crippen molar-refractivity contribution in [1.29, 1.82) is 0 Å². The van der Waals surface area contributed by atoms with Crippen molar-refractivity contribution in [1.82, 2.24) is 15.5 Å². The van der Waals surface area contributed by atoms with Gasteiger partial charge in [0.25, 0.3) is 0 Å². The van der Waals surface area contributed by atoms with Gasteiger partial charge in [0.2, 0.25) is 11.8 Å². The van der Waals surface area contributed by atoms with Gasteiger partial charge >= 0.3 is 12.3 Å². The lowest BCUT2D eigenvalue weighted by Gasteiger charge is -2.33. The number of alkyl halides is 3. The number of benzene rings is 1. The Morgan fingerprint density at radius 3 is 2.26 bits per heavy atom. The molecule has 0 bridgehead atoms. The Bertz CT molecular complexity index is 864. The molecule has 1 saturated heterocycles. The molecule has 1 heterocycles. The van der Waals surface area contributed by atoms with E-state index in [9.17, 15) is 32.7 Å². The molecule has 3 N–H and O–H groups in total. The van der Waals surface area contributed by atoms with Crippen LogP contribution in [0.3, 0.4) is 0 Å². The maximum absolute atomic E-state index is 13.3. The van der Waals surface area contributed by atoms with Gasteiger partial charge < -0.3 is 25.4 Å². The van der Waals surface area contributed by atoms with Gasteiger partial charge in [-0.1, -0.05) is 58.0 Å². The van der Waals surface area contributed by atoms with Gasteiger partial charge in [-0.2, -0.15) is 13.2 Å². The van der Waals surface area contributed by atoms with Gasteiger partial charge in [0.15, 0.2) is 6.10 Å². The van der Waals surface area contributed by atoms with E-state index in [0.717, 1.165) is 5.56 Å². The molecule has 0 saturated carbocycles. The first kappa shape index (κ1) is 28.4. The van der Waals surface area contributed by atoms with Crippen molar-refractivity contribution < 1.29 is 37.4 Å². The number of carbonyl (C=O) groups is 3. The predicted molar refractivity (Wildman–Crippen MR) is 122 cm³/mol. The number of alkyl carbamates (subject to hydrolysis) is 1. The highest BCUT2D eigenvalue weighted by Crippen LogP contribution is 2.27. The average Bonchev–Trinajstić information content (AvgIpc) is 3.28. The number of ether oxygens (including phenoxy) is 1. The van der Waals surface area contributed by atoms with Crippen LogP contribution in [0.15, 0.2) is 30.3 Å². The van der Waals surface area contributed by atoms with E-state index in [2.05, 4.69) is 10.6 Å². The Labute approximate surface area is 203 Å². The van der Waals surface area contributed by atoms with E-state index < -0.39 is 54.2 Å². The molecule has 8 nitrogen and oxygen atoms in total. The van der Waals surface area contributed by atoms with E-state index >= 15 is 0 Å². The van der Waals surface area contributed by atoms with Crippen molar-refractivity contribution in [3.8, 4) is 0 Å². The number of nitrogens with one attached hydrogen (secondary N) is 2. The highest BCUT2D eigenvalue weighted by Gasteiger charge is 2.47. The van der Waals surface area contributed by atoms with E-state index in [1.807, 2.05) is 6.07 Å². The van der Waals surface area contributed by atoms with Crippen LogP contribution in [0, 0.1) is 11.8 Å². The molecule has 1 aliphatic rings. The fraction of sp³-hybridized carbons (Fsp3) is 0.625. The minimum Gasteiger partial charge on any atom is -0.445 e. The van der Waals surface area contributed by atoms with Crippen LogP contribution < -0.4 is 10.6 Å². The summed E-state index contributed by atoms with van der Waals surface area (Å²) >= 11 is 0. The molecule has 2 unspecified atom stereocenters. The Balaban J connectivity index is 2.07. The van der Waals surface area contributed by atoms with Crippen molar-refractivity contribution in [2.24, 2.45) is 11.8 Å². The number of likely N-dealkylation sites (tertiary alicyclic amines) is 1. The Kier molecular flexibility index (Phi) is 9.93. The Morgan fingerprint density at radius 1 is 1.09 bits per heavy atom. The number of aliphatic hydroxyl groups excluding tert-OH is 1. The molecule has 11 heteroatoms. The van der Waals surface area contributed by atoms with Crippen LogP contribution in [0.25, 0.3) is 0 Å². The van der Waals surface area contributed by atoms with Crippen LogP contribution in [0.2, 0.25) is 0 Å². The van der Waals surface area contributed by atoms with Crippen molar-refractivity contribution in [3.05, 3.63) is 35.9 Å². The number of rotatable bonds is 9. The van der Waals surface area contributed by atoms with Gasteiger partial charge in [-0.05, 0) is 30.2 Å². The number of aliphatic hydroxyl groups is 1. The van der Waals surface area contributed by atoms with Crippen LogP contribution in [-0.4, -0.2) is 64.9 Å². The molecule has 1 fully saturated rings. The van der Waals surface area contributed by atoms with Gasteiger partial charge in [-0.3, -0.25) is 9.59 Å². The van der Waals surface area contributed by atoms with Gasteiger partial charge in [-0.25, -0.2) is 4.79 Å². The molecule has 0 radical (unpaired) electrons. The first-order chi connectivity index (χ1) is 16.3. The summed E-state index contributed by atoms with van der Waals surface area (Å²) in [4.78, 5) is 39.8. The molecule has 0 aromatic heterocycles. The van der Waals surface area contributed by atoms with Gasteiger partial charge in [0.1, 0.15) is 18.7 Å². The number of nitrogens with zero attached hydrogens (tertiary/aromatic N) is 1. The molecular formula is C24H34F3N3O5. The smallest absolute Gasteiger partial charge is 0.416 e. The van der Waals surface area contributed by atoms with Crippen molar-refractivity contribution in [3.63, 3.8) is 0 Å². The van der Waals surface area contributed by atoms with Crippen molar-refractivity contribution in [2.75, 3.05) is 6.54 Å². The summed E-state index contributed by atoms with van der Waals surface area (Å²) in [5, 5.41) is 14.5. The van der Waals surface area contributed by atoms with Gasteiger partial charge in [0, 0.05) is 6.54 Å². The van der Waals surface area contributed by atoms with E-state index in [0.29, 0.717) is 6.42 Å². The van der Waals surface area contributed by atoms with E-state index in [4.69, 9.17) is 4.74 Å². The maximum Gasteiger partial charge on any atom is 0.416 e. The molecule has 0 spiro atoms. The van der Waals surface area contributed by atoms with Crippen LogP contribution in [0.5, 0.6) is 0 Å². The molecule has 1 aliphatic heterocycles. The first-order valence-electron chi connectivity index (χ1n) is 11.7. The second-order valence-corrected chi connectivity index (χ2v) is 9.38. The summed E-state index contributed by atoms with van der Waals surface area (Å²) in [5.74, 6) is -2.34. The largest absolute Gasteiger partial charge is 0.445 e. The highest BCUT2D eigenvalue weighted by atomic mass is 19.4. The normalized spacial score (nSPS) is 18.8. The number of carbonyl (C=O) groups excluding carboxylic acids is 3. The Morgan fingerprint density at radius 2 is 1.71 bits per heavy atom. The number of amides is 3. The molecule has 35 heavy (non-hydrogen) atoms. The zero-order valence-electron chi connectivity index (χ0n) is 20.3. The van der Waals surface area contributed by atoms with Crippen molar-refractivity contribution in [2.45, 2.75) is 77.5 Å². The number of halogens is 3. The standard InChI is InChI=1S/C24H34F3N3O5/c1-14(2)18(20(31)24(25,26)27)28-21(32)17-11-8-12-30(17)22(33)19(15(3)4)29-23(34)35-13-16-9-6-5-7-10-16/h5-7,9-10,14-15,17-20,31H,8,11-13H2,1-4H3,(H,28,32)(H,29,34)/t17-,18?,19-,20?/m0/s1. The zero-order valence-corrected chi connectivity index (χ0v) is 20.3. The van der Waals surface area contributed by atoms with E-state index in [1.54, 1.807) is 38.1 Å². The van der Waals surface area contributed by atoms with Gasteiger partial charge in [0.05, 0.1) is 6.04 Å². The lowest BCUT2D eigenvalue weighted by molar-refractivity contribution is -0.215. The molecule has 1 aromatic rings. The van der Waals surface area contributed by atoms with Crippen LogP contribution in [0.4, 0.5) is 18.0 Å². The molecule has 0 aliphatic carbocycles. The summed E-state index contributed by atoms with van der Waals surface area (Å²) in [5.41, 5.74) is 0.770. The molecule has 1 aromatic carbocycles. The molecule has 2 rings (SSSR count). The van der Waals surface area contributed by atoms with E-state index in [-0.39, 0.29) is 25.5 Å². The second kappa shape index (κ2) is 12.2. The SMILES string of the molecule is CC(C)C(NC(=O)[C@@H]1CCCN1C(=O)[C@@H](NC(=O)OCc1ccccc1)C(C)C)C(O)C(F)(F)F. The third kappa shape index (κ3) is 7.84. The minimum atomic E-state index is -4.90. The average molecular weight is 502 g/mol. The monoisotopic (exact) mass is 501 g/mol. The Hall–Kier alpha value is -2.82. The zero-order chi connectivity index (χ0) is 26.3. The topological polar surface area (TPSA) is 108 Å². The lowest BCUT2D eigenvalue weighted by atomic mass is 9.97. The molecular weight excluding hydrogens is 467 g/mol. The van der Waals surface area contributed by atoms with Crippen LogP contribution in [0.1, 0.15) is 46.1 Å². The summed E-state index contributed by atoms with van der Waals surface area (Å²) < 4.78 is 44.4. The minimum absolute atomic E-state index is 0.0124. The second-order valence-electron chi connectivity index (χ2n) is 9.38. The molecule has 4 atom stereocenters. The quantitative estimate of drug-likeness (QED) is 0.482. The third-order valence-corrected chi connectivity index (χ3v) is 5.96. The van der Waals surface area contributed by atoms with Crippen LogP contribution >= 0.6 is 0 Å². The predicted octanol–water partition coefficient (Wildman–Crippen LogP) is 2.99. The fourth-order valence-electron chi connectivity index (χ4n) is 3.96.